The number of carbonyl (C=O) groups is 2. The van der Waals surface area contributed by atoms with Gasteiger partial charge in [0.2, 0.25) is 0 Å². The van der Waals surface area contributed by atoms with E-state index in [0.29, 0.717) is 5.92 Å². The zero-order valence-corrected chi connectivity index (χ0v) is 11.5. The van der Waals surface area contributed by atoms with E-state index >= 15 is 0 Å². The van der Waals surface area contributed by atoms with Crippen molar-refractivity contribution >= 4 is 11.9 Å². The highest BCUT2D eigenvalue weighted by Crippen LogP contribution is 2.22. The van der Waals surface area contributed by atoms with Gasteiger partial charge in [0.25, 0.3) is 0 Å². The SMILES string of the molecule is CCCCC(CC)C(CC)OC(=O)/C=C/C(=O)O. The van der Waals surface area contributed by atoms with E-state index in [9.17, 15) is 9.59 Å². The number of rotatable bonds is 9. The molecule has 4 heteroatoms. The average molecular weight is 256 g/mol. The van der Waals surface area contributed by atoms with Crippen LogP contribution in [-0.4, -0.2) is 23.1 Å². The van der Waals surface area contributed by atoms with E-state index in [0.717, 1.165) is 44.3 Å². The first-order valence-corrected chi connectivity index (χ1v) is 6.66. The molecule has 0 heterocycles. The summed E-state index contributed by atoms with van der Waals surface area (Å²) in [4.78, 5) is 21.7. The lowest BCUT2D eigenvalue weighted by atomic mass is 9.92. The summed E-state index contributed by atoms with van der Waals surface area (Å²) in [6, 6.07) is 0. The summed E-state index contributed by atoms with van der Waals surface area (Å²) < 4.78 is 5.31. The molecule has 4 nitrogen and oxygen atoms in total. The second kappa shape index (κ2) is 9.68. The highest BCUT2D eigenvalue weighted by molar-refractivity contribution is 5.90. The number of carbonyl (C=O) groups excluding carboxylic acids is 1. The van der Waals surface area contributed by atoms with Gasteiger partial charge in [0, 0.05) is 12.2 Å². The van der Waals surface area contributed by atoms with Crippen LogP contribution in [0, 0.1) is 5.92 Å². The maximum Gasteiger partial charge on any atom is 0.331 e. The Morgan fingerprint density at radius 1 is 1.17 bits per heavy atom. The second-order valence-corrected chi connectivity index (χ2v) is 4.37. The maximum absolute atomic E-state index is 11.4. The molecule has 0 saturated carbocycles. The normalized spacial score (nSPS) is 14.4. The van der Waals surface area contributed by atoms with Crippen molar-refractivity contribution < 1.29 is 19.4 Å². The molecule has 0 aliphatic rings. The lowest BCUT2D eigenvalue weighted by Gasteiger charge is -2.24. The molecular weight excluding hydrogens is 232 g/mol. The van der Waals surface area contributed by atoms with Gasteiger partial charge in [-0.3, -0.25) is 0 Å². The molecule has 0 saturated heterocycles. The Balaban J connectivity index is 4.37. The van der Waals surface area contributed by atoms with Gasteiger partial charge in [-0.05, 0) is 25.2 Å². The van der Waals surface area contributed by atoms with Crippen LogP contribution in [0.5, 0.6) is 0 Å². The van der Waals surface area contributed by atoms with Crippen LogP contribution in [-0.2, 0) is 14.3 Å². The minimum Gasteiger partial charge on any atom is -0.478 e. The van der Waals surface area contributed by atoms with Crippen LogP contribution >= 0.6 is 0 Å². The highest BCUT2D eigenvalue weighted by Gasteiger charge is 2.21. The molecule has 18 heavy (non-hydrogen) atoms. The molecule has 0 aliphatic carbocycles. The number of ether oxygens (including phenoxy) is 1. The van der Waals surface area contributed by atoms with Crippen molar-refractivity contribution in [2.75, 3.05) is 0 Å². The first kappa shape index (κ1) is 16.7. The molecule has 0 bridgehead atoms. The fraction of sp³-hybridized carbons (Fsp3) is 0.714. The second-order valence-electron chi connectivity index (χ2n) is 4.37. The van der Waals surface area contributed by atoms with Crippen LogP contribution in [0.25, 0.3) is 0 Å². The van der Waals surface area contributed by atoms with E-state index in [2.05, 4.69) is 13.8 Å². The van der Waals surface area contributed by atoms with Gasteiger partial charge in [-0.2, -0.15) is 0 Å². The van der Waals surface area contributed by atoms with Gasteiger partial charge in [-0.25, -0.2) is 9.59 Å². The van der Waals surface area contributed by atoms with Crippen LogP contribution in [0.4, 0.5) is 0 Å². The lowest BCUT2D eigenvalue weighted by Crippen LogP contribution is -2.25. The summed E-state index contributed by atoms with van der Waals surface area (Å²) >= 11 is 0. The third kappa shape index (κ3) is 7.09. The van der Waals surface area contributed by atoms with Crippen LogP contribution < -0.4 is 0 Å². The largest absolute Gasteiger partial charge is 0.478 e. The summed E-state index contributed by atoms with van der Waals surface area (Å²) in [5.41, 5.74) is 0. The van der Waals surface area contributed by atoms with Crippen molar-refractivity contribution in [1.29, 1.82) is 0 Å². The molecular formula is C14H24O4. The molecule has 0 radical (unpaired) electrons. The minimum absolute atomic E-state index is 0.118. The van der Waals surface area contributed by atoms with Crippen molar-refractivity contribution in [3.8, 4) is 0 Å². The van der Waals surface area contributed by atoms with E-state index in [1.165, 1.54) is 0 Å². The summed E-state index contributed by atoms with van der Waals surface area (Å²) in [5, 5.41) is 8.43. The summed E-state index contributed by atoms with van der Waals surface area (Å²) in [6.07, 6.45) is 6.68. The van der Waals surface area contributed by atoms with Crippen LogP contribution in [0.1, 0.15) is 52.9 Å². The molecule has 0 aromatic carbocycles. The number of unbranched alkanes of at least 4 members (excludes halogenated alkanes) is 1. The molecule has 0 amide bonds. The molecule has 0 aromatic heterocycles. The van der Waals surface area contributed by atoms with Gasteiger partial charge in [0.15, 0.2) is 0 Å². The number of carboxylic acids is 1. The third-order valence-electron chi connectivity index (χ3n) is 3.01. The topological polar surface area (TPSA) is 63.6 Å². The highest BCUT2D eigenvalue weighted by atomic mass is 16.5. The zero-order chi connectivity index (χ0) is 14.0. The van der Waals surface area contributed by atoms with Gasteiger partial charge < -0.3 is 9.84 Å². The van der Waals surface area contributed by atoms with Crippen molar-refractivity contribution in [2.24, 2.45) is 5.92 Å². The predicted octanol–water partition coefficient (Wildman–Crippen LogP) is 3.17. The van der Waals surface area contributed by atoms with Crippen LogP contribution in [0.2, 0.25) is 0 Å². The fourth-order valence-electron chi connectivity index (χ4n) is 1.96. The average Bonchev–Trinajstić information content (AvgIpc) is 2.35. The number of hydrogen-bond donors (Lipinski definition) is 1. The Morgan fingerprint density at radius 3 is 2.28 bits per heavy atom. The van der Waals surface area contributed by atoms with Gasteiger partial charge in [0.05, 0.1) is 0 Å². The number of carboxylic acid groups (broad SMARTS) is 1. The van der Waals surface area contributed by atoms with E-state index in [1.54, 1.807) is 0 Å². The number of hydrogen-bond acceptors (Lipinski definition) is 3. The van der Waals surface area contributed by atoms with Crippen LogP contribution in [0.15, 0.2) is 12.2 Å². The molecule has 0 rings (SSSR count). The fourth-order valence-corrected chi connectivity index (χ4v) is 1.96. The van der Waals surface area contributed by atoms with E-state index in [4.69, 9.17) is 9.84 Å². The quantitative estimate of drug-likeness (QED) is 0.508. The maximum atomic E-state index is 11.4. The molecule has 1 N–H and O–H groups in total. The number of aliphatic carboxylic acids is 1. The summed E-state index contributed by atoms with van der Waals surface area (Å²) in [5.74, 6) is -1.35. The van der Waals surface area contributed by atoms with Gasteiger partial charge in [-0.15, -0.1) is 0 Å². The molecule has 0 aromatic rings. The Morgan fingerprint density at radius 2 is 1.83 bits per heavy atom. The van der Waals surface area contributed by atoms with E-state index in [-0.39, 0.29) is 6.10 Å². The Labute approximate surface area is 109 Å². The van der Waals surface area contributed by atoms with Crippen molar-refractivity contribution in [3.63, 3.8) is 0 Å². The van der Waals surface area contributed by atoms with Crippen molar-refractivity contribution in [1.82, 2.24) is 0 Å². The molecule has 104 valence electrons. The lowest BCUT2D eigenvalue weighted by molar-refractivity contribution is -0.146. The first-order valence-electron chi connectivity index (χ1n) is 6.66. The van der Waals surface area contributed by atoms with Crippen molar-refractivity contribution in [2.45, 2.75) is 59.0 Å². The molecule has 2 unspecified atom stereocenters. The Bertz CT molecular complexity index is 284. The van der Waals surface area contributed by atoms with E-state index < -0.39 is 11.9 Å². The summed E-state index contributed by atoms with van der Waals surface area (Å²) in [6.45, 7) is 6.20. The van der Waals surface area contributed by atoms with E-state index in [1.807, 2.05) is 6.92 Å². The van der Waals surface area contributed by atoms with Gasteiger partial charge in [0.1, 0.15) is 6.10 Å². The van der Waals surface area contributed by atoms with Gasteiger partial charge >= 0.3 is 11.9 Å². The number of esters is 1. The molecule has 0 spiro atoms. The minimum atomic E-state index is -1.14. The Kier molecular flexibility index (Phi) is 8.97. The van der Waals surface area contributed by atoms with Gasteiger partial charge in [-0.1, -0.05) is 33.6 Å². The molecule has 2 atom stereocenters. The Hall–Kier alpha value is -1.32. The zero-order valence-electron chi connectivity index (χ0n) is 11.5. The predicted molar refractivity (Wildman–Crippen MR) is 70.3 cm³/mol. The first-order chi connectivity index (χ1) is 8.54. The standard InChI is InChI=1S/C14H24O4/c1-4-7-8-11(5-2)12(6-3)18-14(17)10-9-13(15)16/h9-12H,4-8H2,1-3H3,(H,15,16)/b10-9+. The monoisotopic (exact) mass is 256 g/mol. The summed E-state index contributed by atoms with van der Waals surface area (Å²) in [7, 11) is 0. The van der Waals surface area contributed by atoms with Crippen LogP contribution in [0.3, 0.4) is 0 Å². The third-order valence-corrected chi connectivity index (χ3v) is 3.01. The van der Waals surface area contributed by atoms with Crippen molar-refractivity contribution in [3.05, 3.63) is 12.2 Å². The molecule has 0 fully saturated rings. The molecule has 0 aliphatic heterocycles. The smallest absolute Gasteiger partial charge is 0.331 e.